The van der Waals surface area contributed by atoms with Gasteiger partial charge in [0.25, 0.3) is 10.0 Å². The Morgan fingerprint density at radius 1 is 0.606 bits per heavy atom. The summed E-state index contributed by atoms with van der Waals surface area (Å²) in [6, 6.07) is 22.3. The van der Waals surface area contributed by atoms with Crippen LogP contribution in [0.3, 0.4) is 0 Å². The van der Waals surface area contributed by atoms with E-state index >= 15 is 0 Å². The molecule has 0 saturated carbocycles. The number of nitrogens with two attached hydrogens (primary N) is 3. The van der Waals surface area contributed by atoms with Gasteiger partial charge in [-0.15, -0.1) is 17.5 Å². The fraction of sp³-hybridized carbons (Fsp3) is 0.278. The number of fused-ring (bicyclic) bond motifs is 2. The molecule has 7 aromatic heterocycles. The second-order valence-electron chi connectivity index (χ2n) is 18.1. The van der Waals surface area contributed by atoms with E-state index in [9.17, 15) is 8.42 Å². The van der Waals surface area contributed by atoms with Crippen LogP contribution in [0.2, 0.25) is 39.3 Å². The summed E-state index contributed by atoms with van der Waals surface area (Å²) >= 11 is 0. The number of aryl methyl sites for hydroxylation is 7. The van der Waals surface area contributed by atoms with Gasteiger partial charge in [0, 0.05) is 54.2 Å². The fourth-order valence-corrected chi connectivity index (χ4v) is 7.14. The normalized spacial score (nSPS) is 10.0. The molecule has 71 heavy (non-hydrogen) atoms. The van der Waals surface area contributed by atoms with E-state index in [1.165, 1.54) is 14.9 Å². The summed E-state index contributed by atoms with van der Waals surface area (Å²) in [6.07, 6.45) is 17.4. The summed E-state index contributed by atoms with van der Waals surface area (Å²) in [4.78, 5) is 23.6. The monoisotopic (exact) mass is 1040 g/mol. The molecular weight excluding hydrogens is 962 g/mol. The van der Waals surface area contributed by atoms with Crippen molar-refractivity contribution in [2.75, 3.05) is 17.2 Å². The maximum absolute atomic E-state index is 12.6. The van der Waals surface area contributed by atoms with Crippen LogP contribution in [0.5, 0.6) is 0 Å². The van der Waals surface area contributed by atoms with Crippen molar-refractivity contribution in [3.05, 3.63) is 161 Å². The molecule has 10 N–H and O–H groups in total. The van der Waals surface area contributed by atoms with Crippen LogP contribution in [0.1, 0.15) is 60.8 Å². The van der Waals surface area contributed by atoms with Crippen LogP contribution in [-0.4, -0.2) is 58.4 Å². The first-order chi connectivity index (χ1) is 31.3. The Morgan fingerprint density at radius 3 is 1.61 bits per heavy atom. The van der Waals surface area contributed by atoms with Gasteiger partial charge in [0.2, 0.25) is 0 Å². The van der Waals surface area contributed by atoms with E-state index < -0.39 is 26.2 Å². The SMILES string of the molecule is C.C.C#C[Si](C)(C)C.Cc1ccc(N)nc1.Cc1ccc(S(=O)(=O)n2ccc3cc(C)cnc32)cc1.Cc1cnc(N)c(C#C[Si](C)(C)C)c1.Cc1cnc(N)c(C)c1.Cc1cnc2[nH]ccc2c1.N.[H-].[K+]. The molecule has 13 nitrogen and oxygen atoms in total. The molecule has 0 fully saturated rings. The molecule has 0 spiro atoms. The number of hydrogen-bond acceptors (Lipinski definition) is 11. The zero-order valence-corrected chi connectivity index (χ0v) is 48.8. The van der Waals surface area contributed by atoms with E-state index in [1.807, 2.05) is 91.2 Å². The second kappa shape index (κ2) is 31.1. The molecule has 0 aliphatic heterocycles. The van der Waals surface area contributed by atoms with E-state index in [0.29, 0.717) is 23.1 Å². The molecule has 7 heterocycles. The van der Waals surface area contributed by atoms with Crippen LogP contribution >= 0.6 is 0 Å². The van der Waals surface area contributed by atoms with Gasteiger partial charge in [-0.1, -0.05) is 89.9 Å². The van der Waals surface area contributed by atoms with Crippen molar-refractivity contribution in [3.63, 3.8) is 0 Å². The quantitative estimate of drug-likeness (QED) is 0.0809. The average Bonchev–Trinajstić information content (AvgIpc) is 3.92. The number of hydrogen-bond donors (Lipinski definition) is 5. The van der Waals surface area contributed by atoms with Crippen molar-refractivity contribution in [1.82, 2.24) is 40.0 Å². The smallest absolute Gasteiger partial charge is 1.00 e. The van der Waals surface area contributed by atoms with Crippen molar-refractivity contribution < 1.29 is 61.2 Å². The molecule has 0 bridgehead atoms. The van der Waals surface area contributed by atoms with Crippen LogP contribution in [0, 0.1) is 71.9 Å². The number of nitrogens with one attached hydrogen (secondary N) is 1. The van der Waals surface area contributed by atoms with Gasteiger partial charge in [-0.3, -0.25) is 0 Å². The number of pyridine rings is 5. The molecule has 8 rings (SSSR count). The third kappa shape index (κ3) is 24.0. The topological polar surface area (TPSA) is 232 Å². The third-order valence-corrected chi connectivity index (χ3v) is 12.4. The Labute approximate surface area is 471 Å². The van der Waals surface area contributed by atoms with E-state index in [2.05, 4.69) is 92.3 Å². The van der Waals surface area contributed by atoms with Gasteiger partial charge in [-0.2, -0.15) is 0 Å². The minimum atomic E-state index is -3.60. The first kappa shape index (κ1) is 67.6. The maximum Gasteiger partial charge on any atom is 1.00 e. The van der Waals surface area contributed by atoms with Gasteiger partial charge >= 0.3 is 51.4 Å². The van der Waals surface area contributed by atoms with Crippen molar-refractivity contribution in [2.45, 2.75) is 107 Å². The Kier molecular flexibility index (Phi) is 29.6. The van der Waals surface area contributed by atoms with Crippen LogP contribution in [0.4, 0.5) is 17.5 Å². The summed E-state index contributed by atoms with van der Waals surface area (Å²) < 4.78 is 26.5. The predicted octanol–water partition coefficient (Wildman–Crippen LogP) is 9.26. The molecule has 0 unspecified atom stereocenters. The Morgan fingerprint density at radius 2 is 1.10 bits per heavy atom. The summed E-state index contributed by atoms with van der Waals surface area (Å²) in [5, 5.41) is 2.00. The minimum absolute atomic E-state index is 0. The standard InChI is InChI=1S/C15H14N2O2S.C11H16N2Si.C8H8N2.C7H10N2.C6H8N2.C5H10Si.2CH4.K.H3N.H/c1-11-3-5-14(6-4-11)20(18,19)17-8-7-13-9-12(2)10-16-15(13)17;1-9-7-10(11(12)13-8-9)5-6-14(2,3)4;1-6-4-7-2-3-9-8(7)10-5-6;1-5-3-6(2)7(8)9-4-5;1-5-2-3-6(7)8-4-5;1-5-6(2,3)4;;;;;/h3-10H,1-2H3;7-8H,1-4H3,(H2,12,13);2-5H,1H3,(H,9,10);3-4H,1-2H3,(H2,8,9);2-4H,1H3,(H2,7,8);1H,2-4H3;2*1H4;;1H3;/q;;;;;;;;+1;;-1. The summed E-state index contributed by atoms with van der Waals surface area (Å²) in [6.45, 7) is 26.9. The van der Waals surface area contributed by atoms with Crippen LogP contribution in [-0.2, 0) is 10.0 Å². The van der Waals surface area contributed by atoms with Crippen LogP contribution in [0.25, 0.3) is 22.1 Å². The van der Waals surface area contributed by atoms with Gasteiger partial charge in [-0.25, -0.2) is 37.3 Å². The Hall–Kier alpha value is -5.45. The second-order valence-corrected chi connectivity index (χ2v) is 29.5. The first-order valence-corrected chi connectivity index (χ1v) is 30.0. The number of terminal acetylenes is 1. The maximum atomic E-state index is 12.6. The summed E-state index contributed by atoms with van der Waals surface area (Å²) in [7, 11) is -6.03. The molecular formula is C54H78KN11O2SSi2. The number of aromatic nitrogens is 7. The number of H-pyrrole nitrogens is 1. The third-order valence-electron chi connectivity index (χ3n) is 8.99. The molecule has 0 atom stereocenters. The molecule has 8 aromatic rings. The van der Waals surface area contributed by atoms with Gasteiger partial charge in [0.15, 0.2) is 5.65 Å². The first-order valence-electron chi connectivity index (χ1n) is 21.5. The van der Waals surface area contributed by atoms with Crippen LogP contribution in [0.15, 0.2) is 121 Å². The molecule has 17 heteroatoms. The van der Waals surface area contributed by atoms with Gasteiger partial charge in [0.05, 0.1) is 10.5 Å². The van der Waals surface area contributed by atoms with Crippen LogP contribution < -0.4 is 74.7 Å². The van der Waals surface area contributed by atoms with E-state index in [1.54, 1.807) is 67.4 Å². The largest absolute Gasteiger partial charge is 1.00 e. The average molecular weight is 1040 g/mol. The van der Waals surface area contributed by atoms with E-state index in [-0.39, 0.29) is 78.7 Å². The van der Waals surface area contributed by atoms with Crippen molar-refractivity contribution >= 4 is 65.7 Å². The molecule has 0 amide bonds. The van der Waals surface area contributed by atoms with Crippen molar-refractivity contribution in [1.29, 1.82) is 0 Å². The number of nitrogens with zero attached hydrogens (tertiary/aromatic N) is 6. The number of aromatic amines is 1. The molecule has 0 aliphatic carbocycles. The Bertz CT molecular complexity index is 3080. The number of benzene rings is 1. The number of anilines is 3. The number of nitrogen functional groups attached to an aromatic ring is 3. The molecule has 1 aromatic carbocycles. The van der Waals surface area contributed by atoms with Crippen molar-refractivity contribution in [3.8, 4) is 23.4 Å². The molecule has 376 valence electrons. The summed E-state index contributed by atoms with van der Waals surface area (Å²) in [5.74, 6) is 4.85. The molecule has 0 saturated heterocycles. The molecule has 0 aliphatic rings. The fourth-order valence-electron chi connectivity index (χ4n) is 5.32. The number of rotatable bonds is 2. The minimum Gasteiger partial charge on any atom is -1.00 e. The van der Waals surface area contributed by atoms with E-state index in [0.717, 1.165) is 50.0 Å². The van der Waals surface area contributed by atoms with Gasteiger partial charge < -0.3 is 29.8 Å². The van der Waals surface area contributed by atoms with Gasteiger partial charge in [-0.05, 0) is 130 Å². The zero-order valence-electron chi connectivity index (χ0n) is 43.9. The zero-order chi connectivity index (χ0) is 50.1. The van der Waals surface area contributed by atoms with Gasteiger partial charge in [0.1, 0.15) is 39.2 Å². The Balaban J connectivity index is -0.000000818. The predicted molar refractivity (Wildman–Crippen MR) is 306 cm³/mol. The summed E-state index contributed by atoms with van der Waals surface area (Å²) in [5.41, 5.74) is 32.5. The van der Waals surface area contributed by atoms with E-state index in [4.69, 9.17) is 23.6 Å². The molecule has 0 radical (unpaired) electrons. The van der Waals surface area contributed by atoms with Crippen molar-refractivity contribution in [2.24, 2.45) is 0 Å².